The van der Waals surface area contributed by atoms with Crippen molar-refractivity contribution in [1.82, 2.24) is 5.32 Å². The van der Waals surface area contributed by atoms with Gasteiger partial charge >= 0.3 is 6.03 Å². The maximum atomic E-state index is 13.2. The Labute approximate surface area is 98.3 Å². The van der Waals surface area contributed by atoms with Crippen LogP contribution in [0.5, 0.6) is 0 Å². The number of hydrogen-bond acceptors (Lipinski definition) is 3. The second-order valence-electron chi connectivity index (χ2n) is 3.58. The number of benzene rings is 1. The molecule has 1 aromatic carbocycles. The first-order chi connectivity index (χ1) is 8.04. The highest BCUT2D eigenvalue weighted by Gasteiger charge is 2.08. The number of halogens is 1. The molecule has 0 saturated carbocycles. The number of amides is 2. The largest absolute Gasteiger partial charge is 0.394 e. The van der Waals surface area contributed by atoms with Crippen LogP contribution in [0.25, 0.3) is 0 Å². The van der Waals surface area contributed by atoms with Crippen LogP contribution < -0.4 is 10.6 Å². The van der Waals surface area contributed by atoms with E-state index < -0.39 is 24.6 Å². The Balaban J connectivity index is 2.54. The van der Waals surface area contributed by atoms with Gasteiger partial charge in [-0.15, -0.1) is 0 Å². The predicted octanol–water partition coefficient (Wildman–Crippen LogP) is 0.609. The second kappa shape index (κ2) is 6.17. The van der Waals surface area contributed by atoms with Gasteiger partial charge < -0.3 is 20.8 Å². The van der Waals surface area contributed by atoms with E-state index in [0.29, 0.717) is 11.3 Å². The van der Waals surface area contributed by atoms with Crippen molar-refractivity contribution >= 4 is 11.7 Å². The summed E-state index contributed by atoms with van der Waals surface area (Å²) in [5.74, 6) is -0.404. The number of urea groups is 1. The lowest BCUT2D eigenvalue weighted by Crippen LogP contribution is -2.36. The minimum absolute atomic E-state index is 0.0727. The molecule has 0 radical (unpaired) electrons. The van der Waals surface area contributed by atoms with Gasteiger partial charge in [-0.3, -0.25) is 0 Å². The van der Waals surface area contributed by atoms with Gasteiger partial charge in [0.2, 0.25) is 0 Å². The summed E-state index contributed by atoms with van der Waals surface area (Å²) in [6.07, 6.45) is -1.01. The van der Waals surface area contributed by atoms with Gasteiger partial charge in [-0.1, -0.05) is 6.07 Å². The summed E-state index contributed by atoms with van der Waals surface area (Å²) < 4.78 is 13.2. The molecule has 6 heteroatoms. The van der Waals surface area contributed by atoms with Crippen molar-refractivity contribution < 1.29 is 19.4 Å². The zero-order valence-corrected chi connectivity index (χ0v) is 9.40. The first-order valence-electron chi connectivity index (χ1n) is 5.13. The predicted molar refractivity (Wildman–Crippen MR) is 61.3 cm³/mol. The van der Waals surface area contributed by atoms with Crippen LogP contribution in [0.15, 0.2) is 18.2 Å². The smallest absolute Gasteiger partial charge is 0.319 e. The molecule has 5 nitrogen and oxygen atoms in total. The first kappa shape index (κ1) is 13.4. The molecule has 0 aliphatic heterocycles. The fraction of sp³-hybridized carbons (Fsp3) is 0.364. The van der Waals surface area contributed by atoms with Crippen molar-refractivity contribution in [1.29, 1.82) is 0 Å². The highest BCUT2D eigenvalue weighted by atomic mass is 19.1. The topological polar surface area (TPSA) is 81.6 Å². The van der Waals surface area contributed by atoms with Crippen molar-refractivity contribution in [3.8, 4) is 0 Å². The fourth-order valence-corrected chi connectivity index (χ4v) is 1.18. The third-order valence-corrected chi connectivity index (χ3v) is 2.22. The molecule has 2 amide bonds. The number of aliphatic hydroxyl groups excluding tert-OH is 2. The van der Waals surface area contributed by atoms with Crippen LogP contribution in [0.1, 0.15) is 5.56 Å². The number of aliphatic hydroxyl groups is 2. The highest BCUT2D eigenvalue weighted by Crippen LogP contribution is 2.16. The lowest BCUT2D eigenvalue weighted by Gasteiger charge is -2.12. The van der Waals surface area contributed by atoms with Crippen LogP contribution in [0, 0.1) is 12.7 Å². The summed E-state index contributed by atoms with van der Waals surface area (Å²) in [5, 5.41) is 22.4. The van der Waals surface area contributed by atoms with Crippen LogP contribution in [0.4, 0.5) is 14.9 Å². The number of anilines is 1. The number of carbonyl (C=O) groups is 1. The Morgan fingerprint density at radius 1 is 1.53 bits per heavy atom. The van der Waals surface area contributed by atoms with Crippen molar-refractivity contribution in [3.05, 3.63) is 29.6 Å². The van der Waals surface area contributed by atoms with Crippen LogP contribution in [-0.4, -0.2) is 35.5 Å². The van der Waals surface area contributed by atoms with E-state index >= 15 is 0 Å². The van der Waals surface area contributed by atoms with Crippen LogP contribution >= 0.6 is 0 Å². The Kier molecular flexibility index (Phi) is 4.86. The maximum Gasteiger partial charge on any atom is 0.319 e. The average Bonchev–Trinajstić information content (AvgIpc) is 2.32. The summed E-state index contributed by atoms with van der Waals surface area (Å²) in [5.41, 5.74) is 0.700. The molecule has 1 aromatic rings. The van der Waals surface area contributed by atoms with Gasteiger partial charge in [-0.25, -0.2) is 9.18 Å². The molecule has 0 bridgehead atoms. The molecule has 17 heavy (non-hydrogen) atoms. The number of nitrogens with one attached hydrogen (secondary N) is 2. The second-order valence-corrected chi connectivity index (χ2v) is 3.58. The molecule has 4 N–H and O–H groups in total. The lowest BCUT2D eigenvalue weighted by atomic mass is 10.2. The van der Waals surface area contributed by atoms with Gasteiger partial charge in [-0.2, -0.15) is 0 Å². The Morgan fingerprint density at radius 3 is 2.88 bits per heavy atom. The Hall–Kier alpha value is -1.66. The third-order valence-electron chi connectivity index (χ3n) is 2.22. The van der Waals surface area contributed by atoms with E-state index in [0.717, 1.165) is 0 Å². The summed E-state index contributed by atoms with van der Waals surface area (Å²) in [7, 11) is 0. The van der Waals surface area contributed by atoms with E-state index in [1.54, 1.807) is 13.0 Å². The van der Waals surface area contributed by atoms with Crippen molar-refractivity contribution in [2.45, 2.75) is 13.0 Å². The maximum absolute atomic E-state index is 13.2. The van der Waals surface area contributed by atoms with E-state index in [9.17, 15) is 9.18 Å². The van der Waals surface area contributed by atoms with E-state index in [4.69, 9.17) is 10.2 Å². The van der Waals surface area contributed by atoms with Crippen LogP contribution in [-0.2, 0) is 0 Å². The number of hydrogen-bond donors (Lipinski definition) is 4. The van der Waals surface area contributed by atoms with Gasteiger partial charge in [0.25, 0.3) is 0 Å². The first-order valence-corrected chi connectivity index (χ1v) is 5.13. The third kappa shape index (κ3) is 4.01. The number of rotatable bonds is 4. The van der Waals surface area contributed by atoms with E-state index in [1.807, 2.05) is 0 Å². The summed E-state index contributed by atoms with van der Waals surface area (Å²) in [6, 6.07) is 3.79. The average molecular weight is 242 g/mol. The van der Waals surface area contributed by atoms with Gasteiger partial charge in [0.05, 0.1) is 12.7 Å². The molecule has 1 unspecified atom stereocenters. The van der Waals surface area contributed by atoms with Crippen molar-refractivity contribution in [3.63, 3.8) is 0 Å². The molecule has 0 aliphatic rings. The molecule has 0 spiro atoms. The molecular formula is C11H15FN2O3. The minimum Gasteiger partial charge on any atom is -0.394 e. The summed E-state index contributed by atoms with van der Waals surface area (Å²) in [6.45, 7) is 1.05. The summed E-state index contributed by atoms with van der Waals surface area (Å²) in [4.78, 5) is 11.4. The highest BCUT2D eigenvalue weighted by molar-refractivity contribution is 5.90. The van der Waals surface area contributed by atoms with E-state index in [-0.39, 0.29) is 6.54 Å². The molecule has 1 rings (SSSR count). The molecule has 0 saturated heterocycles. The number of carbonyl (C=O) groups excluding carboxylic acids is 1. The van der Waals surface area contributed by atoms with Gasteiger partial charge in [-0.05, 0) is 19.1 Å². The molecular weight excluding hydrogens is 227 g/mol. The van der Waals surface area contributed by atoms with Crippen molar-refractivity contribution in [2.24, 2.45) is 0 Å². The SMILES string of the molecule is Cc1c(F)cccc1NC(=O)NCC(O)CO. The molecule has 0 aromatic heterocycles. The monoisotopic (exact) mass is 242 g/mol. The molecule has 1 atom stereocenters. The van der Waals surface area contributed by atoms with Gasteiger partial charge in [0, 0.05) is 17.8 Å². The Morgan fingerprint density at radius 2 is 2.24 bits per heavy atom. The van der Waals surface area contributed by atoms with Crippen molar-refractivity contribution in [2.75, 3.05) is 18.5 Å². The Bertz CT molecular complexity index is 398. The molecule has 94 valence electrons. The van der Waals surface area contributed by atoms with E-state index in [1.165, 1.54) is 12.1 Å². The summed E-state index contributed by atoms with van der Waals surface area (Å²) >= 11 is 0. The molecule has 0 fully saturated rings. The fourth-order valence-electron chi connectivity index (χ4n) is 1.18. The van der Waals surface area contributed by atoms with E-state index in [2.05, 4.69) is 10.6 Å². The molecule has 0 heterocycles. The minimum atomic E-state index is -1.01. The molecule has 0 aliphatic carbocycles. The van der Waals surface area contributed by atoms with Gasteiger partial charge in [0.15, 0.2) is 0 Å². The van der Waals surface area contributed by atoms with Crippen LogP contribution in [0.3, 0.4) is 0 Å². The van der Waals surface area contributed by atoms with Crippen LogP contribution in [0.2, 0.25) is 0 Å². The van der Waals surface area contributed by atoms with Gasteiger partial charge in [0.1, 0.15) is 5.82 Å². The standard InChI is InChI=1S/C11H15FN2O3/c1-7-9(12)3-2-4-10(7)14-11(17)13-5-8(16)6-15/h2-4,8,15-16H,5-6H2,1H3,(H2,13,14,17). The lowest BCUT2D eigenvalue weighted by molar-refractivity contribution is 0.0965. The quantitative estimate of drug-likeness (QED) is 0.624. The zero-order valence-electron chi connectivity index (χ0n) is 9.40. The normalized spacial score (nSPS) is 12.0. The zero-order chi connectivity index (χ0) is 12.8.